The topological polar surface area (TPSA) is 291 Å². The number of piperidine rings is 1. The Bertz CT molecular complexity index is 2200. The lowest BCUT2D eigenvalue weighted by molar-refractivity contribution is -0.255. The Morgan fingerprint density at radius 1 is 0.814 bits per heavy atom. The van der Waals surface area contributed by atoms with Gasteiger partial charge in [0.15, 0.2) is 12.1 Å². The number of nitrogens with two attached hydrogens (primary N) is 1. The summed E-state index contributed by atoms with van der Waals surface area (Å²) in [6, 6.07) is 4.50. The lowest BCUT2D eigenvalue weighted by atomic mass is 9.74. The van der Waals surface area contributed by atoms with E-state index in [1.807, 2.05) is 6.92 Å². The van der Waals surface area contributed by atoms with Gasteiger partial charge < -0.3 is 63.5 Å². The van der Waals surface area contributed by atoms with Crippen molar-refractivity contribution in [3.8, 4) is 17.2 Å². The number of hydrazine groups is 1. The number of morpholine rings is 1. The van der Waals surface area contributed by atoms with Gasteiger partial charge in [-0.3, -0.25) is 44.9 Å². The first-order valence-electron chi connectivity index (χ1n) is 24.0. The predicted molar refractivity (Wildman–Crippen MR) is 244 cm³/mol. The number of aromatic hydroxyl groups is 2. The van der Waals surface area contributed by atoms with Crippen LogP contribution in [-0.2, 0) is 63.5 Å². The third-order valence-corrected chi connectivity index (χ3v) is 13.1. The molecule has 4 amide bonds. The Balaban J connectivity index is 0.852. The van der Waals surface area contributed by atoms with Crippen LogP contribution in [0.4, 0.5) is 0 Å². The van der Waals surface area contributed by atoms with E-state index in [0.29, 0.717) is 85.0 Å². The van der Waals surface area contributed by atoms with Crippen LogP contribution >= 0.6 is 0 Å². The fourth-order valence-electron chi connectivity index (χ4n) is 9.39. The molecule has 2 aliphatic carbocycles. The smallest absolute Gasteiger partial charge is 0.241 e. The number of nitrogens with zero attached hydrogens (tertiary/aromatic N) is 1. The minimum absolute atomic E-state index is 0.00988. The Kier molecular flexibility index (Phi) is 18.9. The van der Waals surface area contributed by atoms with Crippen molar-refractivity contribution >= 4 is 35.2 Å². The summed E-state index contributed by atoms with van der Waals surface area (Å²) in [5, 5.41) is 27.1. The third kappa shape index (κ3) is 13.0. The highest BCUT2D eigenvalue weighted by atomic mass is 16.7. The van der Waals surface area contributed by atoms with Crippen molar-refractivity contribution in [1.29, 1.82) is 0 Å². The number of phenolic OH excluding ortho intramolecular Hbond substituents is 2. The zero-order chi connectivity index (χ0) is 49.7. The van der Waals surface area contributed by atoms with E-state index in [1.54, 1.807) is 11.0 Å². The minimum Gasteiger partial charge on any atom is -0.507 e. The van der Waals surface area contributed by atoms with Crippen molar-refractivity contribution in [3.05, 3.63) is 51.6 Å². The summed E-state index contributed by atoms with van der Waals surface area (Å²) < 4.78 is 51.9. The number of amides is 4. The molecule has 0 bridgehead atoms. The van der Waals surface area contributed by atoms with E-state index in [2.05, 4.69) is 16.2 Å². The minimum atomic E-state index is -1.10. The van der Waals surface area contributed by atoms with Crippen molar-refractivity contribution in [2.45, 2.75) is 89.1 Å². The van der Waals surface area contributed by atoms with Crippen LogP contribution in [-0.4, -0.2) is 168 Å². The number of hydrogen-bond acceptors (Lipinski definition) is 18. The van der Waals surface area contributed by atoms with E-state index in [9.17, 15) is 39.0 Å². The zero-order valence-electron chi connectivity index (χ0n) is 39.7. The van der Waals surface area contributed by atoms with Crippen LogP contribution in [0.3, 0.4) is 0 Å². The van der Waals surface area contributed by atoms with Gasteiger partial charge in [-0.05, 0) is 45.1 Å². The standard InChI is InChI=1S/C48H65N5O17/c1-27-32(69-36-26-67-17-12-50-36)6-7-38(68-27)70-34-25-29(24-31-40(34)46(59)42-41(44(31)57)43(56)30-4-3-5-33(62-2)39(30)45(42)58)48(61)52-51-35(54)10-15-63-18-20-65-22-23-66-21-19-64-16-11-37(55)53-13-8-28(9-14-53)47(49)60/h3-5,27-29,32,34,36,38,50,57,59H,6-26H2,1-2H3,(H2,49,60)(H,51,54)(H,52,61)/t27-,29?,32-,34-,36+,38-/m0/s1. The molecule has 384 valence electrons. The van der Waals surface area contributed by atoms with E-state index in [-0.39, 0.29) is 110 Å². The Hall–Kier alpha value is -5.30. The number of likely N-dealkylation sites (tertiary alicyclic amines) is 1. The molecule has 7 rings (SSSR count). The van der Waals surface area contributed by atoms with E-state index >= 15 is 0 Å². The largest absolute Gasteiger partial charge is 0.507 e. The van der Waals surface area contributed by atoms with Gasteiger partial charge in [0.05, 0.1) is 121 Å². The number of phenols is 2. The molecule has 3 aliphatic heterocycles. The Morgan fingerprint density at radius 2 is 1.49 bits per heavy atom. The van der Waals surface area contributed by atoms with Gasteiger partial charge in [0.25, 0.3) is 0 Å². The van der Waals surface area contributed by atoms with Gasteiger partial charge in [-0.2, -0.15) is 0 Å². The maximum atomic E-state index is 14.1. The number of ketones is 2. The average Bonchev–Trinajstić information content (AvgIpc) is 3.36. The summed E-state index contributed by atoms with van der Waals surface area (Å²) in [5.41, 5.74) is 9.46. The molecule has 0 aromatic heterocycles. The first-order valence-corrected chi connectivity index (χ1v) is 24.0. The van der Waals surface area contributed by atoms with Crippen molar-refractivity contribution in [2.75, 3.05) is 92.8 Å². The molecule has 0 radical (unpaired) electrons. The molecule has 5 aliphatic rings. The maximum absolute atomic E-state index is 14.1. The fourth-order valence-corrected chi connectivity index (χ4v) is 9.39. The number of ether oxygens (including phenoxy) is 9. The SMILES string of the molecule is COc1cccc2c1C(=O)c1c(O)c3c(c(O)c1C2=O)CC(C(=O)NNC(=O)CCOCCOCCOCCOCCC(=O)N1CCC(C(N)=O)CC1)C[C@@H]3O[C@H]1CC[C@H](O[C@@H]2COCCN2)[C@H](C)O1. The summed E-state index contributed by atoms with van der Waals surface area (Å²) in [7, 11) is 1.36. The second-order valence-electron chi connectivity index (χ2n) is 17.7. The number of benzene rings is 2. The molecule has 70 heavy (non-hydrogen) atoms. The van der Waals surface area contributed by atoms with Gasteiger partial charge in [-0.1, -0.05) is 12.1 Å². The molecular formula is C48H65N5O17. The average molecular weight is 984 g/mol. The van der Waals surface area contributed by atoms with Crippen molar-refractivity contribution in [2.24, 2.45) is 17.6 Å². The number of fused-ring (bicyclic) bond motifs is 3. The van der Waals surface area contributed by atoms with Gasteiger partial charge in [0.2, 0.25) is 29.4 Å². The molecule has 7 N–H and O–H groups in total. The molecular weight excluding hydrogens is 919 g/mol. The number of rotatable bonds is 22. The van der Waals surface area contributed by atoms with Crippen LogP contribution in [0.25, 0.3) is 0 Å². The van der Waals surface area contributed by atoms with Crippen molar-refractivity contribution in [3.63, 3.8) is 0 Å². The maximum Gasteiger partial charge on any atom is 0.241 e. The molecule has 3 fully saturated rings. The summed E-state index contributed by atoms with van der Waals surface area (Å²) >= 11 is 0. The first kappa shape index (κ1) is 52.5. The van der Waals surface area contributed by atoms with Crippen LogP contribution in [0.2, 0.25) is 0 Å². The Morgan fingerprint density at radius 3 is 2.13 bits per heavy atom. The highest BCUT2D eigenvalue weighted by Crippen LogP contribution is 2.51. The predicted octanol–water partition coefficient (Wildman–Crippen LogP) is 1.08. The van der Waals surface area contributed by atoms with E-state index < -0.39 is 70.4 Å². The van der Waals surface area contributed by atoms with Gasteiger partial charge >= 0.3 is 0 Å². The molecule has 3 saturated heterocycles. The summed E-state index contributed by atoms with van der Waals surface area (Å²) in [4.78, 5) is 79.9. The number of carbonyl (C=O) groups excluding carboxylic acids is 6. The molecule has 22 heteroatoms. The van der Waals surface area contributed by atoms with Crippen molar-refractivity contribution in [1.82, 2.24) is 21.1 Å². The van der Waals surface area contributed by atoms with E-state index in [1.165, 1.54) is 19.2 Å². The second-order valence-corrected chi connectivity index (χ2v) is 17.7. The normalized spacial score (nSPS) is 23.5. The fraction of sp³-hybridized carbons (Fsp3) is 0.625. The summed E-state index contributed by atoms with van der Waals surface area (Å²) in [6.45, 7) is 6.58. The summed E-state index contributed by atoms with van der Waals surface area (Å²) in [6.07, 6.45) is -0.910. The molecule has 2 aromatic carbocycles. The van der Waals surface area contributed by atoms with E-state index in [4.69, 9.17) is 48.4 Å². The quantitative estimate of drug-likeness (QED) is 0.0466. The molecule has 22 nitrogen and oxygen atoms in total. The highest BCUT2D eigenvalue weighted by molar-refractivity contribution is 6.31. The van der Waals surface area contributed by atoms with Gasteiger partial charge in [-0.25, -0.2) is 0 Å². The highest BCUT2D eigenvalue weighted by Gasteiger charge is 2.45. The molecule has 6 atom stereocenters. The molecule has 3 heterocycles. The lowest BCUT2D eigenvalue weighted by Crippen LogP contribution is -2.49. The number of primary amides is 1. The van der Waals surface area contributed by atoms with Gasteiger partial charge in [-0.15, -0.1) is 0 Å². The van der Waals surface area contributed by atoms with Crippen LogP contribution in [0.5, 0.6) is 17.2 Å². The van der Waals surface area contributed by atoms with Crippen LogP contribution < -0.4 is 26.6 Å². The van der Waals surface area contributed by atoms with E-state index in [0.717, 1.165) is 0 Å². The second kappa shape index (κ2) is 25.2. The number of hydrogen-bond donors (Lipinski definition) is 6. The number of methoxy groups -OCH3 is 1. The third-order valence-electron chi connectivity index (χ3n) is 13.1. The lowest BCUT2D eigenvalue weighted by Gasteiger charge is -2.40. The van der Waals surface area contributed by atoms with Gasteiger partial charge in [0.1, 0.15) is 23.5 Å². The van der Waals surface area contributed by atoms with Crippen LogP contribution in [0.1, 0.15) is 101 Å². The monoisotopic (exact) mass is 983 g/mol. The molecule has 1 unspecified atom stereocenters. The van der Waals surface area contributed by atoms with Crippen molar-refractivity contribution < 1.29 is 81.6 Å². The van der Waals surface area contributed by atoms with Gasteiger partial charge in [0, 0.05) is 54.6 Å². The van der Waals surface area contributed by atoms with Crippen LogP contribution in [0, 0.1) is 11.8 Å². The first-order chi connectivity index (χ1) is 33.9. The van der Waals surface area contributed by atoms with Crippen LogP contribution in [0.15, 0.2) is 18.2 Å². The molecule has 0 saturated carbocycles. The zero-order valence-corrected chi connectivity index (χ0v) is 39.7. The molecule has 2 aromatic rings. The summed E-state index contributed by atoms with van der Waals surface area (Å²) in [5.74, 6) is -5.01. The number of nitrogens with one attached hydrogen (secondary N) is 3. The molecule has 0 spiro atoms. The number of carbonyl (C=O) groups is 6. The Labute approximate surface area is 405 Å².